The zero-order valence-electron chi connectivity index (χ0n) is 11.0. The number of carbonyl (C=O) groups is 2. The van der Waals surface area contributed by atoms with Crippen molar-refractivity contribution in [3.05, 3.63) is 41.5 Å². The van der Waals surface area contributed by atoms with E-state index in [2.05, 4.69) is 5.32 Å². The fraction of sp³-hybridized carbons (Fsp3) is 0.200. The standard InChI is InChI=1S/C15H16N2O2/c1-3-17-15(19)12-6-4-5-11-13(16)8-7-10(9(2)18)14(11)12/h4-8H,3,16H2,1-2H3,(H,17,19). The maximum absolute atomic E-state index is 12.1. The maximum atomic E-state index is 12.1. The number of nitrogen functional groups attached to an aromatic ring is 1. The van der Waals surface area contributed by atoms with Crippen LogP contribution in [0.25, 0.3) is 10.8 Å². The topological polar surface area (TPSA) is 72.2 Å². The first-order valence-corrected chi connectivity index (χ1v) is 6.16. The van der Waals surface area contributed by atoms with Crippen LogP contribution in [-0.4, -0.2) is 18.2 Å². The molecule has 0 saturated carbocycles. The largest absolute Gasteiger partial charge is 0.398 e. The third kappa shape index (κ3) is 2.29. The van der Waals surface area contributed by atoms with Gasteiger partial charge in [0.15, 0.2) is 5.78 Å². The predicted molar refractivity (Wildman–Crippen MR) is 76.4 cm³/mol. The van der Waals surface area contributed by atoms with Crippen molar-refractivity contribution in [3.8, 4) is 0 Å². The van der Waals surface area contributed by atoms with Gasteiger partial charge in [-0.15, -0.1) is 0 Å². The summed E-state index contributed by atoms with van der Waals surface area (Å²) in [6, 6.07) is 8.66. The molecule has 4 nitrogen and oxygen atoms in total. The van der Waals surface area contributed by atoms with Crippen LogP contribution in [-0.2, 0) is 0 Å². The molecule has 0 saturated heterocycles. The van der Waals surface area contributed by atoms with Crippen LogP contribution >= 0.6 is 0 Å². The van der Waals surface area contributed by atoms with Crippen LogP contribution in [0.5, 0.6) is 0 Å². The summed E-state index contributed by atoms with van der Waals surface area (Å²) in [5.41, 5.74) is 7.49. The summed E-state index contributed by atoms with van der Waals surface area (Å²) in [6.45, 7) is 3.87. The molecule has 0 heterocycles. The molecule has 0 aliphatic rings. The Kier molecular flexibility index (Phi) is 3.51. The first kappa shape index (κ1) is 13.1. The summed E-state index contributed by atoms with van der Waals surface area (Å²) in [5, 5.41) is 4.11. The van der Waals surface area contributed by atoms with E-state index >= 15 is 0 Å². The van der Waals surface area contributed by atoms with Gasteiger partial charge in [0, 0.05) is 34.1 Å². The number of nitrogens with one attached hydrogen (secondary N) is 1. The normalized spacial score (nSPS) is 10.4. The highest BCUT2D eigenvalue weighted by Gasteiger charge is 2.15. The van der Waals surface area contributed by atoms with Gasteiger partial charge in [-0.3, -0.25) is 9.59 Å². The quantitative estimate of drug-likeness (QED) is 0.654. The molecule has 0 bridgehead atoms. The lowest BCUT2D eigenvalue weighted by Gasteiger charge is -2.11. The Morgan fingerprint density at radius 2 is 1.89 bits per heavy atom. The van der Waals surface area contributed by atoms with Gasteiger partial charge in [-0.2, -0.15) is 0 Å². The highest BCUT2D eigenvalue weighted by Crippen LogP contribution is 2.28. The third-order valence-corrected chi connectivity index (χ3v) is 3.04. The Bertz CT molecular complexity index is 662. The number of nitrogens with two attached hydrogens (primary N) is 1. The van der Waals surface area contributed by atoms with Crippen molar-refractivity contribution in [1.82, 2.24) is 5.32 Å². The molecular weight excluding hydrogens is 240 g/mol. The molecular formula is C15H16N2O2. The molecule has 0 aliphatic carbocycles. The van der Waals surface area contributed by atoms with Crippen LogP contribution < -0.4 is 11.1 Å². The molecule has 2 aromatic rings. The first-order valence-electron chi connectivity index (χ1n) is 6.16. The summed E-state index contributed by atoms with van der Waals surface area (Å²) in [5.74, 6) is -0.275. The molecule has 0 spiro atoms. The number of rotatable bonds is 3. The van der Waals surface area contributed by atoms with E-state index in [0.29, 0.717) is 28.7 Å². The Morgan fingerprint density at radius 1 is 1.16 bits per heavy atom. The van der Waals surface area contributed by atoms with Gasteiger partial charge in [0.05, 0.1) is 0 Å². The van der Waals surface area contributed by atoms with Crippen molar-refractivity contribution in [2.45, 2.75) is 13.8 Å². The maximum Gasteiger partial charge on any atom is 0.251 e. The molecule has 3 N–H and O–H groups in total. The number of ketones is 1. The number of hydrogen-bond acceptors (Lipinski definition) is 3. The van der Waals surface area contributed by atoms with Crippen LogP contribution in [0.15, 0.2) is 30.3 Å². The molecule has 0 atom stereocenters. The summed E-state index contributed by atoms with van der Waals surface area (Å²) in [7, 11) is 0. The number of carbonyl (C=O) groups excluding carboxylic acids is 2. The first-order chi connectivity index (χ1) is 9.06. The third-order valence-electron chi connectivity index (χ3n) is 3.04. The molecule has 2 rings (SSSR count). The van der Waals surface area contributed by atoms with Gasteiger partial charge < -0.3 is 11.1 Å². The molecule has 0 unspecified atom stereocenters. The molecule has 0 aliphatic heterocycles. The minimum atomic E-state index is -0.193. The minimum Gasteiger partial charge on any atom is -0.398 e. The summed E-state index contributed by atoms with van der Waals surface area (Å²) in [4.78, 5) is 23.8. The zero-order valence-corrected chi connectivity index (χ0v) is 11.0. The summed E-state index contributed by atoms with van der Waals surface area (Å²) >= 11 is 0. The second kappa shape index (κ2) is 5.10. The minimum absolute atomic E-state index is 0.0817. The number of hydrogen-bond donors (Lipinski definition) is 2. The van der Waals surface area contributed by atoms with E-state index in [4.69, 9.17) is 5.73 Å². The van der Waals surface area contributed by atoms with Crippen LogP contribution in [0.3, 0.4) is 0 Å². The second-order valence-electron chi connectivity index (χ2n) is 4.35. The number of amides is 1. The van der Waals surface area contributed by atoms with Crippen LogP contribution in [0.4, 0.5) is 5.69 Å². The Hall–Kier alpha value is -2.36. The highest BCUT2D eigenvalue weighted by molar-refractivity contribution is 6.17. The molecule has 4 heteroatoms. The second-order valence-corrected chi connectivity index (χ2v) is 4.35. The van der Waals surface area contributed by atoms with Crippen LogP contribution in [0, 0.1) is 0 Å². The molecule has 1 amide bonds. The lowest BCUT2D eigenvalue weighted by molar-refractivity contribution is 0.0957. The number of fused-ring (bicyclic) bond motifs is 1. The van der Waals surface area contributed by atoms with Crippen LogP contribution in [0.2, 0.25) is 0 Å². The lowest BCUT2D eigenvalue weighted by atomic mass is 9.95. The fourth-order valence-electron chi connectivity index (χ4n) is 2.17. The van der Waals surface area contributed by atoms with Gasteiger partial charge in [-0.1, -0.05) is 12.1 Å². The number of Topliss-reactive ketones (excluding diaryl/α,β-unsaturated/α-hetero) is 1. The van der Waals surface area contributed by atoms with Crippen LogP contribution in [0.1, 0.15) is 34.6 Å². The van der Waals surface area contributed by atoms with Gasteiger partial charge in [-0.25, -0.2) is 0 Å². The molecule has 0 radical (unpaired) electrons. The van der Waals surface area contributed by atoms with E-state index < -0.39 is 0 Å². The summed E-state index contributed by atoms with van der Waals surface area (Å²) in [6.07, 6.45) is 0. The van der Waals surface area contributed by atoms with Gasteiger partial charge in [-0.05, 0) is 32.0 Å². The van der Waals surface area contributed by atoms with Crippen molar-refractivity contribution in [2.24, 2.45) is 0 Å². The Labute approximate surface area is 111 Å². The van der Waals surface area contributed by atoms with E-state index in [1.165, 1.54) is 6.92 Å². The lowest BCUT2D eigenvalue weighted by Crippen LogP contribution is -2.23. The monoisotopic (exact) mass is 256 g/mol. The predicted octanol–water partition coefficient (Wildman–Crippen LogP) is 2.37. The van der Waals surface area contributed by atoms with Crippen molar-refractivity contribution < 1.29 is 9.59 Å². The zero-order chi connectivity index (χ0) is 14.0. The van der Waals surface area contributed by atoms with Gasteiger partial charge >= 0.3 is 0 Å². The SMILES string of the molecule is CCNC(=O)c1cccc2c(N)ccc(C(C)=O)c12. The highest BCUT2D eigenvalue weighted by atomic mass is 16.1. The van der Waals surface area contributed by atoms with Gasteiger partial charge in [0.2, 0.25) is 0 Å². The molecule has 0 aromatic heterocycles. The van der Waals surface area contributed by atoms with E-state index in [0.717, 1.165) is 5.39 Å². The van der Waals surface area contributed by atoms with Gasteiger partial charge in [0.1, 0.15) is 0 Å². The molecule has 2 aromatic carbocycles. The van der Waals surface area contributed by atoms with E-state index in [9.17, 15) is 9.59 Å². The smallest absolute Gasteiger partial charge is 0.251 e. The average Bonchev–Trinajstić information content (AvgIpc) is 2.38. The Balaban J connectivity index is 2.81. The van der Waals surface area contributed by atoms with Crippen molar-refractivity contribution in [1.29, 1.82) is 0 Å². The number of benzene rings is 2. The van der Waals surface area contributed by atoms with Gasteiger partial charge in [0.25, 0.3) is 5.91 Å². The average molecular weight is 256 g/mol. The van der Waals surface area contributed by atoms with Crippen molar-refractivity contribution in [3.63, 3.8) is 0 Å². The summed E-state index contributed by atoms with van der Waals surface area (Å²) < 4.78 is 0. The molecule has 19 heavy (non-hydrogen) atoms. The molecule has 98 valence electrons. The van der Waals surface area contributed by atoms with E-state index in [1.807, 2.05) is 13.0 Å². The number of anilines is 1. The Morgan fingerprint density at radius 3 is 2.53 bits per heavy atom. The van der Waals surface area contributed by atoms with E-state index in [1.54, 1.807) is 24.3 Å². The van der Waals surface area contributed by atoms with Crippen molar-refractivity contribution in [2.75, 3.05) is 12.3 Å². The molecule has 0 fully saturated rings. The van der Waals surface area contributed by atoms with Crippen molar-refractivity contribution >= 4 is 28.2 Å². The fourth-order valence-corrected chi connectivity index (χ4v) is 2.17. The van der Waals surface area contributed by atoms with E-state index in [-0.39, 0.29) is 11.7 Å².